The van der Waals surface area contributed by atoms with Crippen LogP contribution < -0.4 is 59.7 Å². The maximum Gasteiger partial charge on any atom is 0.305 e. The summed E-state index contributed by atoms with van der Waals surface area (Å²) in [4.78, 5) is 236. The number of H-pyrrole nitrogens is 1. The fourth-order valence-electron chi connectivity index (χ4n) is 15.9. The number of amides is 13. The number of carboxylic acids is 1. The van der Waals surface area contributed by atoms with E-state index in [1.54, 1.807) is 88.5 Å². The number of aromatic amines is 1. The summed E-state index contributed by atoms with van der Waals surface area (Å²) in [6.07, 6.45) is 2.35. The number of hydrogen-bond donors (Lipinski definition) is 14. The molecule has 13 atom stereocenters. The molecule has 1 unspecified atom stereocenters. The molecular weight excluding hydrogens is 1710 g/mol. The molecule has 6 aromatic rings. The number of primary amides is 1. The first-order valence-corrected chi connectivity index (χ1v) is 45.2. The van der Waals surface area contributed by atoms with Crippen molar-refractivity contribution < 1.29 is 95.7 Å². The van der Waals surface area contributed by atoms with E-state index in [0.717, 1.165) is 28.8 Å². The molecule has 0 saturated carbocycles. The molecule has 708 valence electrons. The molecule has 2 fully saturated rings. The van der Waals surface area contributed by atoms with Crippen LogP contribution in [0.15, 0.2) is 134 Å². The Morgan fingerprint density at radius 1 is 0.565 bits per heavy atom. The summed E-state index contributed by atoms with van der Waals surface area (Å²) in [5.74, 6) is -15.0. The van der Waals surface area contributed by atoms with Crippen LogP contribution in [-0.2, 0) is 109 Å². The van der Waals surface area contributed by atoms with Crippen LogP contribution in [0.4, 0.5) is 8.78 Å². The number of phenols is 1. The number of phenolic OH excluding ortho intramolecular Hbond substituents is 1. The van der Waals surface area contributed by atoms with Gasteiger partial charge in [-0.1, -0.05) is 132 Å². The van der Waals surface area contributed by atoms with E-state index >= 15 is 24.0 Å². The van der Waals surface area contributed by atoms with E-state index in [1.807, 2.05) is 6.92 Å². The average molecular weight is 1840 g/mol. The Bertz CT molecular complexity index is 4960. The molecule has 13 amide bonds. The number of para-hydroxylation sites is 1. The number of ketones is 1. The van der Waals surface area contributed by atoms with Crippen LogP contribution in [0.25, 0.3) is 10.9 Å². The lowest BCUT2D eigenvalue weighted by atomic mass is 9.98. The standard InChI is InChI=1S/C93H123F2N17O18S/c1-9-10-22-75(92(129)112-40-17-23-73(112)87(124)102-63(51-113)47-81(118)119)108(6)91(128)77(45-56-18-12-11-13-19-56)110(8)89(126)71(43-57-25-31-61(94)32-26-57)103-80(117)53-131-52-72(83(120)101-50-79(97)116)107-84(121)68(41-54(2)3)104-85(122)69(42-58-29-35-64(114)36-30-58)105-86(123)70(46-60-48-99-66-21-15-14-20-65(60)66)106-88(125)74-24-16-39-111(74)90(127)67(37-38-96)100-49-78(115)76(44-59-27-33-62(95)34-28-59)109(7)93(130)82(98)55(4)5/h11-15,18-21,25-36,48,51,54-55,63,67-77,82,99-100,114H,9-10,16-17,22-24,37-47,49-50,52-53,96,98H2,1-8H3,(H2,97,116)(H,101,120)(H,102,124)(H,103,117)(H,104,122)(H,105,123)(H,106,125)(H,107,121)(H,118,119)/t63-,67-,68-,69-,70-,71-,72-,73+,74+,75-,76?,77-,82-/m0/s1. The Hall–Kier alpha value is -12.6. The topological polar surface area (TPSA) is 520 Å². The van der Waals surface area contributed by atoms with Gasteiger partial charge in [0.15, 0.2) is 5.78 Å². The van der Waals surface area contributed by atoms with Crippen LogP contribution >= 0.6 is 11.8 Å². The highest BCUT2D eigenvalue weighted by molar-refractivity contribution is 8.00. The molecule has 1 aromatic heterocycles. The quantitative estimate of drug-likeness (QED) is 0.0243. The van der Waals surface area contributed by atoms with Gasteiger partial charge in [-0.3, -0.25) is 77.2 Å². The third kappa shape index (κ3) is 30.5. The summed E-state index contributed by atoms with van der Waals surface area (Å²) in [7, 11) is 4.19. The van der Waals surface area contributed by atoms with Crippen LogP contribution in [0.2, 0.25) is 0 Å². The number of aldehydes is 1. The molecule has 0 aliphatic carbocycles. The van der Waals surface area contributed by atoms with Crippen LogP contribution in [0.3, 0.4) is 0 Å². The molecule has 2 aliphatic heterocycles. The number of benzene rings is 5. The van der Waals surface area contributed by atoms with Gasteiger partial charge < -0.3 is 98.9 Å². The second kappa shape index (κ2) is 50.6. The number of aliphatic carboxylic acids is 1. The largest absolute Gasteiger partial charge is 0.508 e. The number of thioether (sulfide) groups is 1. The number of hydrogen-bond acceptors (Lipinski definition) is 21. The molecule has 5 aromatic carbocycles. The smallest absolute Gasteiger partial charge is 0.305 e. The van der Waals surface area contributed by atoms with Gasteiger partial charge in [0.2, 0.25) is 76.8 Å². The van der Waals surface area contributed by atoms with E-state index < -0.39 is 210 Å². The number of unbranched alkanes of at least 4 members (excludes halogenated alkanes) is 1. The lowest BCUT2D eigenvalue weighted by Gasteiger charge is -2.38. The Kier molecular flexibility index (Phi) is 40.1. The molecule has 131 heavy (non-hydrogen) atoms. The summed E-state index contributed by atoms with van der Waals surface area (Å²) in [6, 6.07) is 14.8. The molecule has 3 heterocycles. The fourth-order valence-corrected chi connectivity index (χ4v) is 16.8. The number of nitrogens with one attached hydrogen (secondary N) is 9. The Balaban J connectivity index is 1.01. The number of halogens is 2. The first kappa shape index (κ1) is 104. The Morgan fingerprint density at radius 3 is 1.66 bits per heavy atom. The highest BCUT2D eigenvalue weighted by atomic mass is 32.2. The second-order valence-corrected chi connectivity index (χ2v) is 35.0. The number of nitrogens with zero attached hydrogens (tertiary/aromatic N) is 5. The van der Waals surface area contributed by atoms with Gasteiger partial charge in [-0.05, 0) is 134 Å². The molecule has 2 aliphatic rings. The van der Waals surface area contributed by atoms with Crippen LogP contribution in [-0.4, -0.2) is 278 Å². The monoisotopic (exact) mass is 1840 g/mol. The first-order chi connectivity index (χ1) is 62.4. The molecule has 0 spiro atoms. The second-order valence-electron chi connectivity index (χ2n) is 34.0. The third-order valence-electron chi connectivity index (χ3n) is 23.3. The summed E-state index contributed by atoms with van der Waals surface area (Å²) >= 11 is 0.790. The summed E-state index contributed by atoms with van der Waals surface area (Å²) in [6.45, 7) is 7.83. The number of carbonyl (C=O) groups is 16. The number of nitrogens with two attached hydrogens (primary N) is 3. The molecular formula is C93H123F2N17O18S. The molecule has 38 heteroatoms. The van der Waals surface area contributed by atoms with Crippen molar-refractivity contribution in [2.24, 2.45) is 29.0 Å². The summed E-state index contributed by atoms with van der Waals surface area (Å²) < 4.78 is 28.6. The summed E-state index contributed by atoms with van der Waals surface area (Å²) in [5, 5.41) is 42.1. The van der Waals surface area contributed by atoms with E-state index in [2.05, 4.69) is 47.5 Å². The fraction of sp³-hybridized carbons (Fsp3) is 0.484. The zero-order valence-corrected chi connectivity index (χ0v) is 75.9. The van der Waals surface area contributed by atoms with Crippen molar-refractivity contribution >= 4 is 117 Å². The van der Waals surface area contributed by atoms with E-state index in [0.29, 0.717) is 64.4 Å². The van der Waals surface area contributed by atoms with Crippen molar-refractivity contribution in [3.05, 3.63) is 173 Å². The molecule has 35 nitrogen and oxygen atoms in total. The highest BCUT2D eigenvalue weighted by Crippen LogP contribution is 2.28. The minimum absolute atomic E-state index is 0.00629. The van der Waals surface area contributed by atoms with Crippen molar-refractivity contribution in [3.8, 4) is 5.75 Å². The van der Waals surface area contributed by atoms with Gasteiger partial charge in [-0.25, -0.2) is 8.78 Å². The lowest BCUT2D eigenvalue weighted by Crippen LogP contribution is -2.60. The number of aromatic hydroxyl groups is 1. The minimum atomic E-state index is -1.60. The van der Waals surface area contributed by atoms with E-state index in [-0.39, 0.29) is 108 Å². The normalized spacial score (nSPS) is 16.2. The van der Waals surface area contributed by atoms with E-state index in [9.17, 15) is 71.7 Å². The maximum atomic E-state index is 15.4. The van der Waals surface area contributed by atoms with Gasteiger partial charge in [0, 0.05) is 89.2 Å². The molecule has 0 bridgehead atoms. The van der Waals surface area contributed by atoms with Crippen molar-refractivity contribution in [3.63, 3.8) is 0 Å². The van der Waals surface area contributed by atoms with Crippen molar-refractivity contribution in [2.75, 3.05) is 65.4 Å². The van der Waals surface area contributed by atoms with Crippen molar-refractivity contribution in [1.29, 1.82) is 0 Å². The predicted octanol–water partition coefficient (Wildman–Crippen LogP) is 2.14. The summed E-state index contributed by atoms with van der Waals surface area (Å²) in [5.41, 5.74) is 21.0. The number of carboxylic acid groups (broad SMARTS) is 1. The molecule has 17 N–H and O–H groups in total. The zero-order valence-electron chi connectivity index (χ0n) is 75.1. The minimum Gasteiger partial charge on any atom is -0.508 e. The number of likely N-dealkylation sites (N-methyl/N-ethyl adjacent to an activating group) is 3. The number of fused-ring (bicyclic) bond motifs is 1. The maximum absolute atomic E-state index is 15.4. The van der Waals surface area contributed by atoms with Gasteiger partial charge in [-0.15, -0.1) is 11.8 Å². The van der Waals surface area contributed by atoms with Crippen LogP contribution in [0.1, 0.15) is 127 Å². The van der Waals surface area contributed by atoms with Gasteiger partial charge in [0.1, 0.15) is 78.0 Å². The van der Waals surface area contributed by atoms with Crippen molar-refractivity contribution in [2.45, 2.75) is 209 Å². The number of carbonyl (C=O) groups excluding carboxylic acids is 15. The molecule has 0 radical (unpaired) electrons. The third-order valence-corrected chi connectivity index (χ3v) is 24.4. The van der Waals surface area contributed by atoms with Gasteiger partial charge in [0.05, 0.1) is 49.4 Å². The number of likely N-dealkylation sites (tertiary alicyclic amines) is 2. The van der Waals surface area contributed by atoms with Crippen molar-refractivity contribution in [1.82, 2.24) is 72.0 Å². The van der Waals surface area contributed by atoms with Gasteiger partial charge >= 0.3 is 5.97 Å². The Morgan fingerprint density at radius 2 is 1.08 bits per heavy atom. The predicted molar refractivity (Wildman–Crippen MR) is 485 cm³/mol. The first-order valence-electron chi connectivity index (χ1n) is 44.0. The van der Waals surface area contributed by atoms with Gasteiger partial charge in [0.25, 0.3) is 0 Å². The zero-order chi connectivity index (χ0) is 95.9. The molecule has 2 saturated heterocycles. The molecule has 8 rings (SSSR count). The Labute approximate surface area is 764 Å². The number of rotatable bonds is 51. The van der Waals surface area contributed by atoms with E-state index in [4.69, 9.17) is 17.2 Å². The SMILES string of the molecule is CCCC[C@@H](C(=O)N1CCC[C@@H]1C(=O)N[C@H](C=O)CC(=O)O)N(C)C(=O)[C@H](Cc1ccccc1)N(C)C(=O)[C@H](Cc1ccc(F)cc1)NC(=O)CSC[C@H](NC(=O)[C@H](CC(C)C)NC(=O)[C@H](Cc1ccc(O)cc1)NC(=O)[C@H](Cc1c[nH]c2ccccc12)NC(=O)[C@H]1CCCN1C(=O)[C@H](CCN)NCC(=O)C(Cc1ccc(F)cc1)N(C)C(=O)[C@@H](N)C(C)C)C(=O)NCC(N)=O. The average Bonchev–Trinajstić information content (AvgIpc) is 1.79. The van der Waals surface area contributed by atoms with Crippen LogP contribution in [0.5, 0.6) is 5.75 Å². The lowest BCUT2D eigenvalue weighted by molar-refractivity contribution is -0.152. The number of aromatic nitrogens is 1. The number of Topliss-reactive ketones (excluding diaryl/α,β-unsaturated/α-hetero) is 1. The highest BCUT2D eigenvalue weighted by Gasteiger charge is 2.45. The van der Waals surface area contributed by atoms with Crippen LogP contribution in [0, 0.1) is 23.5 Å². The van der Waals surface area contributed by atoms with Gasteiger partial charge in [-0.2, -0.15) is 0 Å². The van der Waals surface area contributed by atoms with E-state index in [1.165, 1.54) is 101 Å².